The molecule has 1 saturated carbocycles. The van der Waals surface area contributed by atoms with Crippen molar-refractivity contribution in [3.8, 4) is 0 Å². The average Bonchev–Trinajstić information content (AvgIpc) is 3.73. The summed E-state index contributed by atoms with van der Waals surface area (Å²) in [5, 5.41) is 0. The molecule has 15 heteroatoms. The number of carbonyl (C=O) groups is 2. The average molecular weight is 627 g/mol. The van der Waals surface area contributed by atoms with Gasteiger partial charge >= 0.3 is 30.7 Å². The van der Waals surface area contributed by atoms with E-state index in [0.717, 1.165) is 24.1 Å². The first-order chi connectivity index (χ1) is 19.8. The van der Waals surface area contributed by atoms with Crippen molar-refractivity contribution < 1.29 is 58.6 Å². The number of hydrogen-bond donors (Lipinski definition) is 0. The lowest BCUT2D eigenvalue weighted by Gasteiger charge is -2.44. The molecule has 0 spiro atoms. The fourth-order valence-corrected chi connectivity index (χ4v) is 5.26. The van der Waals surface area contributed by atoms with E-state index in [9.17, 15) is 49.1 Å². The van der Waals surface area contributed by atoms with Gasteiger partial charge in [-0.1, -0.05) is 0 Å². The van der Waals surface area contributed by atoms with Gasteiger partial charge in [-0.25, -0.2) is 9.59 Å². The lowest BCUT2D eigenvalue weighted by molar-refractivity contribution is -0.143. The van der Waals surface area contributed by atoms with E-state index in [1.807, 2.05) is 0 Å². The summed E-state index contributed by atoms with van der Waals surface area (Å²) in [7, 11) is 0.920. The van der Waals surface area contributed by atoms with E-state index in [4.69, 9.17) is 9.47 Å². The largest absolute Gasteiger partial charge is 0.453 e. The number of ether oxygens (including phenoxy) is 2. The number of fused-ring (bicyclic) bond motifs is 1. The van der Waals surface area contributed by atoms with Gasteiger partial charge in [0.1, 0.15) is 0 Å². The molecule has 2 atom stereocenters. The minimum atomic E-state index is -5.17. The maximum Gasteiger partial charge on any atom is 0.416 e. The molecule has 0 bridgehead atoms. The van der Waals surface area contributed by atoms with Gasteiger partial charge in [-0.15, -0.1) is 0 Å². The van der Waals surface area contributed by atoms with Crippen LogP contribution < -0.4 is 4.90 Å². The summed E-state index contributed by atoms with van der Waals surface area (Å²) in [5.74, 6) is -0.137. The lowest BCUT2D eigenvalue weighted by Crippen LogP contribution is -2.50. The Kier molecular flexibility index (Phi) is 8.59. The molecule has 0 saturated heterocycles. The number of alkyl halides is 9. The van der Waals surface area contributed by atoms with Crippen LogP contribution in [0.1, 0.15) is 67.0 Å². The van der Waals surface area contributed by atoms with Crippen LogP contribution in [0.3, 0.4) is 0 Å². The van der Waals surface area contributed by atoms with Crippen LogP contribution in [0.2, 0.25) is 0 Å². The van der Waals surface area contributed by atoms with Gasteiger partial charge in [-0.3, -0.25) is 9.80 Å². The Hall–Kier alpha value is -3.65. The normalized spacial score (nSPS) is 19.2. The molecule has 4 rings (SSSR count). The monoisotopic (exact) mass is 626 g/mol. The second kappa shape index (κ2) is 11.5. The Balaban J connectivity index is 1.88. The Labute approximate surface area is 240 Å². The van der Waals surface area contributed by atoms with Crippen LogP contribution in [0.25, 0.3) is 0 Å². The maximum atomic E-state index is 13.8. The summed E-state index contributed by atoms with van der Waals surface area (Å²) in [5.41, 5.74) is -5.18. The van der Waals surface area contributed by atoms with Gasteiger partial charge in [-0.05, 0) is 86.6 Å². The highest BCUT2D eigenvalue weighted by Crippen LogP contribution is 2.50. The fraction of sp³-hybridized carbons (Fsp3) is 0.500. The van der Waals surface area contributed by atoms with Crippen molar-refractivity contribution in [2.45, 2.75) is 76.4 Å². The molecule has 2 amide bonds. The van der Waals surface area contributed by atoms with Crippen molar-refractivity contribution >= 4 is 17.9 Å². The van der Waals surface area contributed by atoms with Crippen LogP contribution in [0.5, 0.6) is 0 Å². The summed E-state index contributed by atoms with van der Waals surface area (Å²) in [4.78, 5) is 28.2. The predicted molar refractivity (Wildman–Crippen MR) is 134 cm³/mol. The lowest BCUT2D eigenvalue weighted by atomic mass is 9.86. The van der Waals surface area contributed by atoms with Gasteiger partial charge in [0.15, 0.2) is 0 Å². The van der Waals surface area contributed by atoms with Crippen LogP contribution >= 0.6 is 0 Å². The number of carbonyl (C=O) groups excluding carboxylic acids is 2. The van der Waals surface area contributed by atoms with Gasteiger partial charge in [0, 0.05) is 12.6 Å². The summed E-state index contributed by atoms with van der Waals surface area (Å²) >= 11 is 0. The molecule has 1 aliphatic carbocycles. The third-order valence-corrected chi connectivity index (χ3v) is 7.25. The number of rotatable bonds is 5. The number of halogens is 9. The highest BCUT2D eigenvalue weighted by molar-refractivity contribution is 5.91. The van der Waals surface area contributed by atoms with E-state index in [1.54, 1.807) is 13.8 Å². The minimum Gasteiger partial charge on any atom is -0.453 e. The number of hydrogen-bond acceptors (Lipinski definition) is 4. The van der Waals surface area contributed by atoms with Gasteiger partial charge in [0.25, 0.3) is 0 Å². The summed E-state index contributed by atoms with van der Waals surface area (Å²) in [6.45, 7) is 2.29. The maximum absolute atomic E-state index is 13.8. The molecule has 1 aliphatic heterocycles. The second-order valence-electron chi connectivity index (χ2n) is 10.7. The van der Waals surface area contributed by atoms with Crippen LogP contribution in [-0.2, 0) is 34.5 Å². The Morgan fingerprint density at radius 3 is 1.91 bits per heavy atom. The number of amides is 2. The van der Waals surface area contributed by atoms with E-state index < -0.39 is 77.7 Å². The number of nitrogens with zero attached hydrogens (tertiary/aromatic N) is 2. The molecule has 1 fully saturated rings. The zero-order valence-electron chi connectivity index (χ0n) is 23.0. The number of methoxy groups -OCH3 is 1. The van der Waals surface area contributed by atoms with E-state index in [-0.39, 0.29) is 29.7 Å². The van der Waals surface area contributed by atoms with Crippen molar-refractivity contribution in [1.29, 1.82) is 0 Å². The first-order valence-electron chi connectivity index (χ1n) is 13.1. The zero-order chi connectivity index (χ0) is 32.1. The SMILES string of the molecule is COC(=O)N(Cc1cc(C(F)(F)F)cc(C(F)(F)F)c1)C1C[C@@H](C2CC2)N(C(=O)OC(C)C)c2ccc(C(F)(F)F)cc21. The van der Waals surface area contributed by atoms with Crippen molar-refractivity contribution in [3.05, 3.63) is 64.2 Å². The van der Waals surface area contributed by atoms with Crippen LogP contribution in [0, 0.1) is 5.92 Å². The molecule has 1 unspecified atom stereocenters. The quantitative estimate of drug-likeness (QED) is 0.312. The molecule has 1 heterocycles. The summed E-state index contributed by atoms with van der Waals surface area (Å²) in [6.07, 6.45) is -16.7. The second-order valence-corrected chi connectivity index (χ2v) is 10.7. The first kappa shape index (κ1) is 32.3. The molecule has 2 aromatic carbocycles. The predicted octanol–water partition coefficient (Wildman–Crippen LogP) is 8.59. The Morgan fingerprint density at radius 2 is 1.44 bits per heavy atom. The Bertz CT molecular complexity index is 1340. The first-order valence-corrected chi connectivity index (χ1v) is 13.1. The van der Waals surface area contributed by atoms with Gasteiger partial charge in [0.2, 0.25) is 0 Å². The standard InChI is InChI=1S/C28H27F9N2O4/c1-14(2)43-25(41)39-21-7-6-17(26(29,30)31)11-20(21)23(12-22(39)16-4-5-16)38(24(40)42-3)13-15-8-18(27(32,33)34)10-19(9-15)28(35,36)37/h6-11,14,16,22-23H,4-5,12-13H2,1-3H3/t22-,23?/m0/s1. The van der Waals surface area contributed by atoms with Crippen molar-refractivity contribution in [2.75, 3.05) is 12.0 Å². The topological polar surface area (TPSA) is 59.1 Å². The van der Waals surface area contributed by atoms with Crippen LogP contribution in [-0.4, -0.2) is 36.3 Å². The number of anilines is 1. The molecule has 0 aromatic heterocycles. The third-order valence-electron chi connectivity index (χ3n) is 7.25. The molecular formula is C28H27F9N2O4. The molecule has 6 nitrogen and oxygen atoms in total. The van der Waals surface area contributed by atoms with Crippen molar-refractivity contribution in [1.82, 2.24) is 4.90 Å². The molecular weight excluding hydrogens is 599 g/mol. The number of benzene rings is 2. The van der Waals surface area contributed by atoms with Crippen LogP contribution in [0.15, 0.2) is 36.4 Å². The van der Waals surface area contributed by atoms with Crippen molar-refractivity contribution in [3.63, 3.8) is 0 Å². The zero-order valence-corrected chi connectivity index (χ0v) is 23.0. The molecule has 0 N–H and O–H groups in total. The van der Waals surface area contributed by atoms with Crippen LogP contribution in [0.4, 0.5) is 54.8 Å². The Morgan fingerprint density at radius 1 is 0.884 bits per heavy atom. The van der Waals surface area contributed by atoms with Gasteiger partial charge in [-0.2, -0.15) is 39.5 Å². The molecule has 0 radical (unpaired) electrons. The third kappa shape index (κ3) is 7.12. The molecule has 43 heavy (non-hydrogen) atoms. The highest BCUT2D eigenvalue weighted by Gasteiger charge is 2.48. The van der Waals surface area contributed by atoms with Gasteiger partial charge in [0.05, 0.1) is 41.6 Å². The minimum absolute atomic E-state index is 0.0271. The van der Waals surface area contributed by atoms with E-state index >= 15 is 0 Å². The molecule has 236 valence electrons. The summed E-state index contributed by atoms with van der Waals surface area (Å²) < 4.78 is 133. The smallest absolute Gasteiger partial charge is 0.416 e. The van der Waals surface area contributed by atoms with E-state index in [2.05, 4.69) is 0 Å². The molecule has 2 aliphatic rings. The van der Waals surface area contributed by atoms with E-state index in [1.165, 1.54) is 4.90 Å². The highest BCUT2D eigenvalue weighted by atomic mass is 19.4. The fourth-order valence-electron chi connectivity index (χ4n) is 5.26. The van der Waals surface area contributed by atoms with Crippen molar-refractivity contribution in [2.24, 2.45) is 5.92 Å². The van der Waals surface area contributed by atoms with E-state index in [0.29, 0.717) is 31.0 Å². The van der Waals surface area contributed by atoms with Gasteiger partial charge < -0.3 is 9.47 Å². The summed E-state index contributed by atoms with van der Waals surface area (Å²) in [6, 6.07) is 1.29. The molecule has 2 aromatic rings.